The average molecular weight is 332 g/mol. The number of piperidine rings is 1. The average Bonchev–Trinajstić information content (AvgIpc) is 2.64. The first kappa shape index (κ1) is 15.7. The Morgan fingerprint density at radius 2 is 1.63 bits per heavy atom. The van der Waals surface area contributed by atoms with Crippen molar-refractivity contribution >= 4 is 15.9 Å². The molecule has 0 bridgehead atoms. The third-order valence-electron chi connectivity index (χ3n) is 4.78. The van der Waals surface area contributed by atoms with E-state index in [-0.39, 0.29) is 0 Å². The van der Waals surface area contributed by atoms with Crippen LogP contribution in [0.5, 0.6) is 0 Å². The van der Waals surface area contributed by atoms with Crippen LogP contribution < -0.4 is 0 Å². The van der Waals surface area contributed by atoms with Gasteiger partial charge >= 0.3 is 0 Å². The van der Waals surface area contributed by atoms with Crippen LogP contribution in [-0.2, 0) is 0 Å². The molecule has 2 rings (SSSR count). The fourth-order valence-electron chi connectivity index (χ4n) is 3.43. The minimum atomic E-state index is 0.843. The summed E-state index contributed by atoms with van der Waals surface area (Å²) in [6, 6.07) is 0.843. The lowest BCUT2D eigenvalue weighted by Crippen LogP contribution is -2.39. The molecule has 0 saturated carbocycles. The first-order chi connectivity index (χ1) is 9.29. The lowest BCUT2D eigenvalue weighted by atomic mass is 10.00. The first-order valence-corrected chi connectivity index (χ1v) is 9.12. The minimum Gasteiger partial charge on any atom is -0.303 e. The summed E-state index contributed by atoms with van der Waals surface area (Å²) in [7, 11) is 2.31. The highest BCUT2D eigenvalue weighted by atomic mass is 79.9. The highest BCUT2D eigenvalue weighted by Gasteiger charge is 2.20. The molecule has 2 saturated heterocycles. The molecule has 112 valence electrons. The summed E-state index contributed by atoms with van der Waals surface area (Å²) in [5.41, 5.74) is 0. The van der Waals surface area contributed by atoms with E-state index in [1.54, 1.807) is 0 Å². The van der Waals surface area contributed by atoms with Crippen molar-refractivity contribution in [3.05, 3.63) is 0 Å². The normalized spacial score (nSPS) is 28.4. The summed E-state index contributed by atoms with van der Waals surface area (Å²) >= 11 is 3.55. The number of likely N-dealkylation sites (tertiary alicyclic amines) is 1. The Morgan fingerprint density at radius 1 is 0.895 bits per heavy atom. The largest absolute Gasteiger partial charge is 0.303 e. The predicted molar refractivity (Wildman–Crippen MR) is 86.2 cm³/mol. The number of halogens is 1. The van der Waals surface area contributed by atoms with E-state index in [0.29, 0.717) is 0 Å². The van der Waals surface area contributed by atoms with E-state index in [1.807, 2.05) is 0 Å². The van der Waals surface area contributed by atoms with Gasteiger partial charge in [-0.05, 0) is 58.9 Å². The van der Waals surface area contributed by atoms with E-state index >= 15 is 0 Å². The van der Waals surface area contributed by atoms with Crippen molar-refractivity contribution in [2.75, 3.05) is 58.2 Å². The molecule has 0 aromatic heterocycles. The molecular formula is C15H30BrN3. The molecule has 1 unspecified atom stereocenters. The van der Waals surface area contributed by atoms with Gasteiger partial charge in [-0.2, -0.15) is 0 Å². The maximum atomic E-state index is 3.55. The molecule has 4 heteroatoms. The molecule has 0 aromatic carbocycles. The van der Waals surface area contributed by atoms with Gasteiger partial charge < -0.3 is 14.7 Å². The number of hydrogen-bond donors (Lipinski definition) is 0. The van der Waals surface area contributed by atoms with Gasteiger partial charge in [-0.3, -0.25) is 0 Å². The van der Waals surface area contributed by atoms with Gasteiger partial charge in [0, 0.05) is 31.0 Å². The molecule has 3 nitrogen and oxygen atoms in total. The summed E-state index contributed by atoms with van der Waals surface area (Å²) in [6.07, 6.45) is 6.97. The lowest BCUT2D eigenvalue weighted by molar-refractivity contribution is 0.154. The fourth-order valence-corrected chi connectivity index (χ4v) is 3.93. The van der Waals surface area contributed by atoms with Crippen LogP contribution in [0.25, 0.3) is 0 Å². The van der Waals surface area contributed by atoms with E-state index < -0.39 is 0 Å². The second kappa shape index (κ2) is 8.60. The zero-order valence-electron chi connectivity index (χ0n) is 12.5. The third kappa shape index (κ3) is 5.33. The maximum Gasteiger partial charge on any atom is 0.0159 e. The Bertz CT molecular complexity index is 250. The van der Waals surface area contributed by atoms with Crippen LogP contribution in [0.2, 0.25) is 0 Å². The van der Waals surface area contributed by atoms with Crippen LogP contribution in [-0.4, -0.2) is 78.9 Å². The molecule has 0 N–H and O–H groups in total. The van der Waals surface area contributed by atoms with Gasteiger partial charge in [0.05, 0.1) is 0 Å². The van der Waals surface area contributed by atoms with Gasteiger partial charge in [0.25, 0.3) is 0 Å². The standard InChI is InChI=1S/C15H30BrN3/c1-17-8-3-2-5-15(17)6-11-18-9-4-10-19(12-7-16)14-13-18/h15H,2-14H2,1H3. The van der Waals surface area contributed by atoms with Gasteiger partial charge in [0.15, 0.2) is 0 Å². The van der Waals surface area contributed by atoms with Gasteiger partial charge in [-0.1, -0.05) is 22.4 Å². The Labute approximate surface area is 127 Å². The van der Waals surface area contributed by atoms with E-state index in [1.165, 1.54) is 77.9 Å². The smallest absolute Gasteiger partial charge is 0.0159 e. The molecule has 19 heavy (non-hydrogen) atoms. The SMILES string of the molecule is CN1CCCCC1CCN1CCCN(CCBr)CC1. The molecule has 2 aliphatic heterocycles. The van der Waals surface area contributed by atoms with Gasteiger partial charge in [-0.15, -0.1) is 0 Å². The first-order valence-electron chi connectivity index (χ1n) is 8.00. The van der Waals surface area contributed by atoms with E-state index in [2.05, 4.69) is 37.7 Å². The summed E-state index contributed by atoms with van der Waals surface area (Å²) in [6.45, 7) is 8.93. The van der Waals surface area contributed by atoms with E-state index in [4.69, 9.17) is 0 Å². The highest BCUT2D eigenvalue weighted by molar-refractivity contribution is 9.09. The van der Waals surface area contributed by atoms with Crippen molar-refractivity contribution in [3.63, 3.8) is 0 Å². The molecule has 0 radical (unpaired) electrons. The zero-order valence-corrected chi connectivity index (χ0v) is 14.1. The summed E-state index contributed by atoms with van der Waals surface area (Å²) in [5, 5.41) is 1.11. The molecular weight excluding hydrogens is 302 g/mol. The lowest BCUT2D eigenvalue weighted by Gasteiger charge is -2.34. The summed E-state index contributed by atoms with van der Waals surface area (Å²) in [4.78, 5) is 7.87. The summed E-state index contributed by atoms with van der Waals surface area (Å²) < 4.78 is 0. The molecule has 2 heterocycles. The molecule has 0 aromatic rings. The molecule has 0 amide bonds. The quantitative estimate of drug-likeness (QED) is 0.715. The van der Waals surface area contributed by atoms with Crippen molar-refractivity contribution in [2.45, 2.75) is 38.1 Å². The molecule has 1 atom stereocenters. The second-order valence-corrected chi connectivity index (χ2v) is 6.94. The molecule has 0 spiro atoms. The fraction of sp³-hybridized carbons (Fsp3) is 1.00. The monoisotopic (exact) mass is 331 g/mol. The molecule has 2 fully saturated rings. The van der Waals surface area contributed by atoms with Crippen LogP contribution in [0.3, 0.4) is 0 Å². The van der Waals surface area contributed by atoms with Gasteiger partial charge in [0.1, 0.15) is 0 Å². The third-order valence-corrected chi connectivity index (χ3v) is 5.14. The summed E-state index contributed by atoms with van der Waals surface area (Å²) in [5.74, 6) is 0. The predicted octanol–water partition coefficient (Wildman–Crippen LogP) is 2.26. The minimum absolute atomic E-state index is 0.843. The van der Waals surface area contributed by atoms with E-state index in [9.17, 15) is 0 Å². The Hall–Kier alpha value is 0.360. The zero-order chi connectivity index (χ0) is 13.5. The van der Waals surface area contributed by atoms with E-state index in [0.717, 1.165) is 11.4 Å². The Morgan fingerprint density at radius 3 is 2.32 bits per heavy atom. The topological polar surface area (TPSA) is 9.72 Å². The van der Waals surface area contributed by atoms with Gasteiger partial charge in [-0.25, -0.2) is 0 Å². The highest BCUT2D eigenvalue weighted by Crippen LogP contribution is 2.18. The van der Waals surface area contributed by atoms with Crippen molar-refractivity contribution in [2.24, 2.45) is 0 Å². The van der Waals surface area contributed by atoms with Crippen molar-refractivity contribution in [1.82, 2.24) is 14.7 Å². The van der Waals surface area contributed by atoms with Crippen LogP contribution in [0, 0.1) is 0 Å². The second-order valence-electron chi connectivity index (χ2n) is 6.14. The Kier molecular flexibility index (Phi) is 7.13. The van der Waals surface area contributed by atoms with Crippen molar-refractivity contribution < 1.29 is 0 Å². The number of rotatable bonds is 5. The van der Waals surface area contributed by atoms with Gasteiger partial charge in [0.2, 0.25) is 0 Å². The van der Waals surface area contributed by atoms with Crippen LogP contribution in [0.4, 0.5) is 0 Å². The number of hydrogen-bond acceptors (Lipinski definition) is 3. The Balaban J connectivity index is 1.68. The molecule has 0 aliphatic carbocycles. The number of nitrogens with zero attached hydrogens (tertiary/aromatic N) is 3. The van der Waals surface area contributed by atoms with Crippen molar-refractivity contribution in [3.8, 4) is 0 Å². The number of alkyl halides is 1. The van der Waals surface area contributed by atoms with Crippen LogP contribution in [0.15, 0.2) is 0 Å². The van der Waals surface area contributed by atoms with Crippen LogP contribution in [0.1, 0.15) is 32.1 Å². The maximum absolute atomic E-state index is 3.55. The van der Waals surface area contributed by atoms with Crippen molar-refractivity contribution in [1.29, 1.82) is 0 Å². The molecule has 2 aliphatic rings. The van der Waals surface area contributed by atoms with Crippen LogP contribution >= 0.6 is 15.9 Å².